The van der Waals surface area contributed by atoms with E-state index in [4.69, 9.17) is 44.9 Å². The van der Waals surface area contributed by atoms with Crippen molar-refractivity contribution in [1.29, 1.82) is 0 Å². The minimum Gasteiger partial charge on any atom is -0.490 e. The van der Waals surface area contributed by atoms with Gasteiger partial charge in [0, 0.05) is 5.69 Å². The van der Waals surface area contributed by atoms with Crippen LogP contribution in [0, 0.1) is 0 Å². The van der Waals surface area contributed by atoms with Gasteiger partial charge in [0.2, 0.25) is 0 Å². The van der Waals surface area contributed by atoms with Crippen molar-refractivity contribution in [3.8, 4) is 11.5 Å². The molecule has 3 aromatic rings. The van der Waals surface area contributed by atoms with Crippen molar-refractivity contribution < 1.29 is 19.1 Å². The largest absolute Gasteiger partial charge is 0.490 e. The quantitative estimate of drug-likeness (QED) is 0.208. The number of thioether (sulfide) groups is 1. The van der Waals surface area contributed by atoms with Crippen LogP contribution in [0.3, 0.4) is 0 Å². The molecule has 3 aromatic carbocycles. The van der Waals surface area contributed by atoms with E-state index in [9.17, 15) is 9.59 Å². The monoisotopic (exact) mass is 586 g/mol. The van der Waals surface area contributed by atoms with Crippen molar-refractivity contribution in [2.45, 2.75) is 19.9 Å². The van der Waals surface area contributed by atoms with E-state index >= 15 is 0 Å². The lowest BCUT2D eigenvalue weighted by Crippen LogP contribution is -2.30. The lowest BCUT2D eigenvalue weighted by molar-refractivity contribution is -0.123. The zero-order valence-electron chi connectivity index (χ0n) is 20.6. The normalized spacial score (nSPS) is 15.1. The maximum Gasteiger partial charge on any atom is 0.266 e. The number of hydrogen-bond acceptors (Lipinski definition) is 6. The molecule has 0 aliphatic carbocycles. The third-order valence-corrected chi connectivity index (χ3v) is 7.69. The van der Waals surface area contributed by atoms with Gasteiger partial charge >= 0.3 is 0 Å². The summed E-state index contributed by atoms with van der Waals surface area (Å²) in [5.74, 6) is 0.343. The van der Waals surface area contributed by atoms with Crippen LogP contribution in [0.25, 0.3) is 6.08 Å². The fourth-order valence-corrected chi connectivity index (χ4v) is 5.48. The van der Waals surface area contributed by atoms with E-state index in [2.05, 4.69) is 5.32 Å². The van der Waals surface area contributed by atoms with Gasteiger partial charge in [-0.05, 0) is 61.4 Å². The topological polar surface area (TPSA) is 67.9 Å². The summed E-state index contributed by atoms with van der Waals surface area (Å²) < 4.78 is 12.0. The summed E-state index contributed by atoms with van der Waals surface area (Å²) in [5.41, 5.74) is 2.26. The number of nitrogens with zero attached hydrogens (tertiary/aromatic N) is 1. The Labute approximate surface area is 240 Å². The molecular formula is C28H24Cl2N2O4S2. The molecule has 0 bridgehead atoms. The highest BCUT2D eigenvalue weighted by molar-refractivity contribution is 8.26. The van der Waals surface area contributed by atoms with E-state index in [0.29, 0.717) is 43.1 Å². The van der Waals surface area contributed by atoms with Gasteiger partial charge in [0.05, 0.1) is 27.6 Å². The van der Waals surface area contributed by atoms with Crippen LogP contribution in [0.15, 0.2) is 71.6 Å². The average Bonchev–Trinajstić information content (AvgIpc) is 3.18. The van der Waals surface area contributed by atoms with Gasteiger partial charge in [-0.1, -0.05) is 83.6 Å². The number of nitrogens with one attached hydrogen (secondary N) is 1. The summed E-state index contributed by atoms with van der Waals surface area (Å²) in [5, 5.41) is 3.45. The van der Waals surface area contributed by atoms with Crippen molar-refractivity contribution >= 4 is 75.1 Å². The maximum absolute atomic E-state index is 13.2. The Bertz CT molecular complexity index is 1400. The van der Waals surface area contributed by atoms with Crippen LogP contribution in [0.2, 0.25) is 10.0 Å². The summed E-state index contributed by atoms with van der Waals surface area (Å²) in [6.45, 7) is 3.96. The number of ether oxygens (including phenoxy) is 2. The SMILES string of the molecule is CCOc1cc(/C=C2\SC(=S)N([C@@H](C)c3ccccc3)C2=O)ccc1OCC(=O)Nc1ccc(Cl)c(Cl)c1. The molecular weight excluding hydrogens is 563 g/mol. The van der Waals surface area contributed by atoms with E-state index in [-0.39, 0.29) is 24.5 Å². The minimum atomic E-state index is -0.369. The first kappa shape index (κ1) is 28.0. The molecule has 0 spiro atoms. The number of carbonyl (C=O) groups is 2. The molecule has 0 aromatic heterocycles. The van der Waals surface area contributed by atoms with Crippen LogP contribution in [-0.4, -0.2) is 34.2 Å². The third kappa shape index (κ3) is 6.69. The molecule has 1 saturated heterocycles. The Morgan fingerprint density at radius 3 is 2.53 bits per heavy atom. The van der Waals surface area contributed by atoms with Crippen molar-refractivity contribution in [2.24, 2.45) is 0 Å². The van der Waals surface area contributed by atoms with Gasteiger partial charge in [0.15, 0.2) is 18.1 Å². The summed E-state index contributed by atoms with van der Waals surface area (Å²) in [6.07, 6.45) is 1.78. The van der Waals surface area contributed by atoms with Crippen LogP contribution >= 0.6 is 47.2 Å². The first-order valence-corrected chi connectivity index (χ1v) is 13.7. The van der Waals surface area contributed by atoms with Crippen molar-refractivity contribution in [3.05, 3.63) is 92.8 Å². The van der Waals surface area contributed by atoms with E-state index in [1.165, 1.54) is 11.8 Å². The summed E-state index contributed by atoms with van der Waals surface area (Å²) in [4.78, 5) is 27.8. The van der Waals surface area contributed by atoms with Gasteiger partial charge in [0.1, 0.15) is 4.32 Å². The van der Waals surface area contributed by atoms with Crippen LogP contribution in [-0.2, 0) is 9.59 Å². The lowest BCUT2D eigenvalue weighted by atomic mass is 10.1. The Hall–Kier alpha value is -3.04. The second-order valence-corrected chi connectivity index (χ2v) is 10.7. The molecule has 196 valence electrons. The molecule has 1 fully saturated rings. The molecule has 1 aliphatic rings. The molecule has 6 nitrogen and oxygen atoms in total. The minimum absolute atomic E-state index is 0.145. The Kier molecular flexibility index (Phi) is 9.33. The molecule has 0 unspecified atom stereocenters. The molecule has 1 aliphatic heterocycles. The second-order valence-electron chi connectivity index (χ2n) is 8.24. The molecule has 38 heavy (non-hydrogen) atoms. The summed E-state index contributed by atoms with van der Waals surface area (Å²) >= 11 is 18.7. The number of amides is 2. The van der Waals surface area contributed by atoms with Gasteiger partial charge in [0.25, 0.3) is 11.8 Å². The lowest BCUT2D eigenvalue weighted by Gasteiger charge is -2.23. The number of anilines is 1. The molecule has 2 amide bonds. The van der Waals surface area contributed by atoms with Gasteiger partial charge in [-0.15, -0.1) is 0 Å². The highest BCUT2D eigenvalue weighted by atomic mass is 35.5. The molecule has 0 saturated carbocycles. The number of rotatable bonds is 9. The maximum atomic E-state index is 13.2. The van der Waals surface area contributed by atoms with E-state index in [1.807, 2.05) is 44.2 Å². The van der Waals surface area contributed by atoms with E-state index in [0.717, 1.165) is 11.1 Å². The van der Waals surface area contributed by atoms with Crippen molar-refractivity contribution in [2.75, 3.05) is 18.5 Å². The molecule has 1 heterocycles. The van der Waals surface area contributed by atoms with E-state index in [1.54, 1.807) is 47.4 Å². The second kappa shape index (κ2) is 12.7. The molecule has 10 heteroatoms. The number of benzene rings is 3. The fourth-order valence-electron chi connectivity index (χ4n) is 3.76. The first-order valence-electron chi connectivity index (χ1n) is 11.7. The van der Waals surface area contributed by atoms with Crippen LogP contribution in [0.5, 0.6) is 11.5 Å². The highest BCUT2D eigenvalue weighted by Gasteiger charge is 2.35. The predicted octanol–water partition coefficient (Wildman–Crippen LogP) is 7.37. The Balaban J connectivity index is 1.46. The molecule has 4 rings (SSSR count). The zero-order valence-corrected chi connectivity index (χ0v) is 23.7. The van der Waals surface area contributed by atoms with Gasteiger partial charge in [-0.2, -0.15) is 0 Å². The van der Waals surface area contributed by atoms with Crippen molar-refractivity contribution in [3.63, 3.8) is 0 Å². The first-order chi connectivity index (χ1) is 18.3. The summed E-state index contributed by atoms with van der Waals surface area (Å²) in [6, 6.07) is 19.7. The van der Waals surface area contributed by atoms with E-state index < -0.39 is 0 Å². The predicted molar refractivity (Wildman–Crippen MR) is 158 cm³/mol. The number of thiocarbonyl (C=S) groups is 1. The number of halogens is 2. The fraction of sp³-hybridized carbons (Fsp3) is 0.179. The van der Waals surface area contributed by atoms with Gasteiger partial charge < -0.3 is 14.8 Å². The number of carbonyl (C=O) groups excluding carboxylic acids is 2. The Morgan fingerprint density at radius 1 is 1.05 bits per heavy atom. The number of hydrogen-bond donors (Lipinski definition) is 1. The van der Waals surface area contributed by atoms with Crippen LogP contribution in [0.1, 0.15) is 31.0 Å². The smallest absolute Gasteiger partial charge is 0.266 e. The van der Waals surface area contributed by atoms with Crippen molar-refractivity contribution in [1.82, 2.24) is 4.90 Å². The standard InChI is InChI=1S/C28H24Cl2N2O4S2/c1-3-35-24-13-18(9-12-23(24)36-16-26(33)31-20-10-11-21(29)22(30)15-20)14-25-27(34)32(28(37)38-25)17(2)19-7-5-4-6-8-19/h4-15,17H,3,16H2,1-2H3,(H,31,33)/b25-14-/t17-/m0/s1. The average molecular weight is 588 g/mol. The van der Waals surface area contributed by atoms with Crippen LogP contribution < -0.4 is 14.8 Å². The molecule has 1 N–H and O–H groups in total. The van der Waals surface area contributed by atoms with Crippen LogP contribution in [0.4, 0.5) is 5.69 Å². The van der Waals surface area contributed by atoms with Gasteiger partial charge in [-0.3, -0.25) is 14.5 Å². The molecule has 1 atom stereocenters. The van der Waals surface area contributed by atoms with Gasteiger partial charge in [-0.25, -0.2) is 0 Å². The zero-order chi connectivity index (χ0) is 27.2. The Morgan fingerprint density at radius 2 is 1.82 bits per heavy atom. The summed E-state index contributed by atoms with van der Waals surface area (Å²) in [7, 11) is 0. The third-order valence-electron chi connectivity index (χ3n) is 5.62. The molecule has 0 radical (unpaired) electrons. The highest BCUT2D eigenvalue weighted by Crippen LogP contribution is 2.39.